The molecule has 2 fully saturated rings. The van der Waals surface area contributed by atoms with Crippen molar-refractivity contribution in [3.8, 4) is 16.8 Å². The summed E-state index contributed by atoms with van der Waals surface area (Å²) in [6, 6.07) is 14.5. The lowest BCUT2D eigenvalue weighted by Gasteiger charge is -2.03. The Morgan fingerprint density at radius 2 is 1.90 bits per heavy atom. The average Bonchev–Trinajstić information content (AvgIpc) is 3.41. The molecule has 2 aromatic heterocycles. The zero-order valence-electron chi connectivity index (χ0n) is 16.0. The second-order valence-electron chi connectivity index (χ2n) is 7.84. The maximum absolute atomic E-state index is 12.4. The molecule has 0 bridgehead atoms. The van der Waals surface area contributed by atoms with Gasteiger partial charge in [0.25, 0.3) is 10.0 Å². The highest BCUT2D eigenvalue weighted by Crippen LogP contribution is 2.64. The third-order valence-electron chi connectivity index (χ3n) is 6.14. The molecular formula is C22H20N4O2S. The molecule has 6 nitrogen and oxygen atoms in total. The number of sulfonamides is 1. The summed E-state index contributed by atoms with van der Waals surface area (Å²) in [5.41, 5.74) is 6.01. The number of rotatable bonds is 4. The first-order valence-corrected chi connectivity index (χ1v) is 11.3. The summed E-state index contributed by atoms with van der Waals surface area (Å²) < 4.78 is 28.2. The van der Waals surface area contributed by atoms with Crippen molar-refractivity contribution >= 4 is 26.6 Å². The van der Waals surface area contributed by atoms with Crippen LogP contribution < -0.4 is 4.31 Å². The lowest BCUT2D eigenvalue weighted by atomic mass is 10.1. The molecule has 1 aliphatic heterocycles. The van der Waals surface area contributed by atoms with Crippen molar-refractivity contribution < 1.29 is 8.42 Å². The number of hydrogen-bond acceptors (Lipinski definition) is 3. The Bertz CT molecular complexity index is 1360. The number of fused-ring (bicyclic) bond motifs is 1. The highest BCUT2D eigenvalue weighted by molar-refractivity contribution is 8.02. The summed E-state index contributed by atoms with van der Waals surface area (Å²) in [5, 5.41) is 5.44. The first-order chi connectivity index (χ1) is 14.0. The highest BCUT2D eigenvalue weighted by atomic mass is 32.2. The molecule has 2 aromatic carbocycles. The Kier molecular flexibility index (Phi) is 3.20. The minimum Gasteiger partial charge on any atom is -0.359 e. The van der Waals surface area contributed by atoms with Crippen LogP contribution in [0.25, 0.3) is 27.7 Å². The fourth-order valence-corrected chi connectivity index (χ4v) is 6.33. The molecule has 1 N–H and O–H groups in total. The topological polar surface area (TPSA) is 70.8 Å². The van der Waals surface area contributed by atoms with E-state index in [2.05, 4.69) is 41.3 Å². The SMILES string of the molecule is CCc1ccc(-n2cc(-c3ccc4[nH]cc(N5C6(CC6)S5(=O)=O)c4c3)cn2)cc1. The number of nitrogens with one attached hydrogen (secondary N) is 1. The summed E-state index contributed by atoms with van der Waals surface area (Å²) >= 11 is 0. The molecule has 1 spiro atoms. The molecule has 0 radical (unpaired) electrons. The molecule has 1 saturated carbocycles. The molecule has 0 amide bonds. The summed E-state index contributed by atoms with van der Waals surface area (Å²) in [7, 11) is -3.16. The third kappa shape index (κ3) is 2.28. The molecule has 0 atom stereocenters. The van der Waals surface area contributed by atoms with Gasteiger partial charge >= 0.3 is 0 Å². The Balaban J connectivity index is 1.38. The van der Waals surface area contributed by atoms with E-state index < -0.39 is 14.9 Å². The maximum Gasteiger partial charge on any atom is 0.261 e. The lowest BCUT2D eigenvalue weighted by Crippen LogP contribution is -1.97. The fraction of sp³-hybridized carbons (Fsp3) is 0.227. The molecule has 2 aliphatic rings. The average molecular weight is 404 g/mol. The van der Waals surface area contributed by atoms with Crippen LogP contribution in [0, 0.1) is 0 Å². The summed E-state index contributed by atoms with van der Waals surface area (Å²) in [6.07, 6.45) is 8.12. The summed E-state index contributed by atoms with van der Waals surface area (Å²) in [6.45, 7) is 2.14. The molecular weight excluding hydrogens is 384 g/mol. The van der Waals surface area contributed by atoms with E-state index in [1.165, 1.54) is 5.56 Å². The Hall–Kier alpha value is -3.06. The molecule has 29 heavy (non-hydrogen) atoms. The van der Waals surface area contributed by atoms with Gasteiger partial charge < -0.3 is 4.98 Å². The van der Waals surface area contributed by atoms with Gasteiger partial charge in [0.15, 0.2) is 4.87 Å². The fourth-order valence-electron chi connectivity index (χ4n) is 4.19. The lowest BCUT2D eigenvalue weighted by molar-refractivity contribution is 0.611. The zero-order valence-corrected chi connectivity index (χ0v) is 16.8. The number of anilines is 1. The van der Waals surface area contributed by atoms with Crippen LogP contribution in [0.5, 0.6) is 0 Å². The second kappa shape index (κ2) is 5.51. The van der Waals surface area contributed by atoms with E-state index in [-0.39, 0.29) is 0 Å². The van der Waals surface area contributed by atoms with Crippen molar-refractivity contribution in [1.82, 2.24) is 14.8 Å². The van der Waals surface area contributed by atoms with Gasteiger partial charge in [-0.2, -0.15) is 5.10 Å². The predicted octanol–water partition coefficient (Wildman–Crippen LogP) is 4.22. The van der Waals surface area contributed by atoms with E-state index >= 15 is 0 Å². The highest BCUT2D eigenvalue weighted by Gasteiger charge is 2.78. The number of benzene rings is 2. The first-order valence-electron chi connectivity index (χ1n) is 9.84. The smallest absolute Gasteiger partial charge is 0.261 e. The number of nitrogens with zero attached hydrogens (tertiary/aromatic N) is 3. The van der Waals surface area contributed by atoms with Gasteiger partial charge in [0, 0.05) is 28.9 Å². The zero-order chi connectivity index (χ0) is 19.8. The van der Waals surface area contributed by atoms with Crippen LogP contribution >= 0.6 is 0 Å². The van der Waals surface area contributed by atoms with Crippen molar-refractivity contribution in [2.75, 3.05) is 4.31 Å². The Labute approximate surface area is 168 Å². The van der Waals surface area contributed by atoms with E-state index in [0.29, 0.717) is 0 Å². The number of aryl methyl sites for hydroxylation is 1. The molecule has 1 saturated heterocycles. The second-order valence-corrected chi connectivity index (χ2v) is 9.92. The standard InChI is InChI=1S/C22H20N4O2S/c1-2-15-3-6-18(7-4-15)25-14-17(12-24-25)16-5-8-20-19(11-16)21(13-23-20)26-22(9-10-22)29(26,27)28/h3-8,11-14,23H,2,9-10H2,1H3. The molecule has 0 unspecified atom stereocenters. The quantitative estimate of drug-likeness (QED) is 0.518. The molecule has 7 heteroatoms. The van der Waals surface area contributed by atoms with Crippen molar-refractivity contribution in [1.29, 1.82) is 0 Å². The number of aromatic nitrogens is 3. The molecule has 4 aromatic rings. The van der Waals surface area contributed by atoms with Crippen LogP contribution in [0.1, 0.15) is 25.3 Å². The van der Waals surface area contributed by atoms with E-state index in [4.69, 9.17) is 0 Å². The minimum absolute atomic E-state index is 0.617. The minimum atomic E-state index is -3.16. The van der Waals surface area contributed by atoms with Gasteiger partial charge in [0.05, 0.1) is 17.6 Å². The van der Waals surface area contributed by atoms with Crippen LogP contribution in [0.3, 0.4) is 0 Å². The van der Waals surface area contributed by atoms with Crippen LogP contribution in [0.15, 0.2) is 61.1 Å². The largest absolute Gasteiger partial charge is 0.359 e. The van der Waals surface area contributed by atoms with Gasteiger partial charge in [-0.05, 0) is 54.7 Å². The Morgan fingerprint density at radius 1 is 1.10 bits per heavy atom. The Morgan fingerprint density at radius 3 is 2.59 bits per heavy atom. The molecule has 146 valence electrons. The van der Waals surface area contributed by atoms with Gasteiger partial charge in [0.1, 0.15) is 0 Å². The van der Waals surface area contributed by atoms with Crippen LogP contribution in [0.4, 0.5) is 5.69 Å². The molecule has 3 heterocycles. The summed E-state index contributed by atoms with van der Waals surface area (Å²) in [4.78, 5) is 2.59. The van der Waals surface area contributed by atoms with Gasteiger partial charge in [-0.25, -0.2) is 17.4 Å². The number of H-pyrrole nitrogens is 1. The predicted molar refractivity (Wildman–Crippen MR) is 114 cm³/mol. The number of hydrogen-bond donors (Lipinski definition) is 1. The van der Waals surface area contributed by atoms with Gasteiger partial charge in [-0.15, -0.1) is 0 Å². The van der Waals surface area contributed by atoms with Crippen LogP contribution in [-0.2, 0) is 16.4 Å². The van der Waals surface area contributed by atoms with Crippen molar-refractivity contribution in [2.45, 2.75) is 31.1 Å². The van der Waals surface area contributed by atoms with Crippen LogP contribution in [0.2, 0.25) is 0 Å². The van der Waals surface area contributed by atoms with E-state index in [9.17, 15) is 8.42 Å². The van der Waals surface area contributed by atoms with Gasteiger partial charge in [-0.3, -0.25) is 0 Å². The summed E-state index contributed by atoms with van der Waals surface area (Å²) in [5.74, 6) is 0. The van der Waals surface area contributed by atoms with E-state index in [1.807, 2.05) is 35.3 Å². The normalized spacial score (nSPS) is 18.4. The van der Waals surface area contributed by atoms with Crippen LogP contribution in [-0.4, -0.2) is 28.1 Å². The monoisotopic (exact) mass is 404 g/mol. The number of aromatic amines is 1. The molecule has 1 aliphatic carbocycles. The van der Waals surface area contributed by atoms with E-state index in [1.54, 1.807) is 10.5 Å². The molecule has 6 rings (SSSR count). The van der Waals surface area contributed by atoms with Crippen molar-refractivity contribution in [3.05, 3.63) is 66.6 Å². The van der Waals surface area contributed by atoms with Crippen molar-refractivity contribution in [2.24, 2.45) is 0 Å². The van der Waals surface area contributed by atoms with Gasteiger partial charge in [-0.1, -0.05) is 25.1 Å². The van der Waals surface area contributed by atoms with Crippen molar-refractivity contribution in [3.63, 3.8) is 0 Å². The maximum atomic E-state index is 12.4. The van der Waals surface area contributed by atoms with E-state index in [0.717, 1.165) is 52.7 Å². The van der Waals surface area contributed by atoms with Gasteiger partial charge in [0.2, 0.25) is 0 Å². The third-order valence-corrected chi connectivity index (χ3v) is 8.54. The first kappa shape index (κ1) is 16.9.